The number of halogens is 3. The standard InChI is InChI=1S/C17H15F3O/c1-11-6-12(2)8-14(7-11)16(21)10-13-4-3-5-15(9-13)17(18,19)20/h3-9H,10H2,1-2H3. The highest BCUT2D eigenvalue weighted by Crippen LogP contribution is 2.29. The zero-order valence-corrected chi connectivity index (χ0v) is 11.8. The maximum Gasteiger partial charge on any atom is 0.416 e. The van der Waals surface area contributed by atoms with Crippen LogP contribution in [0, 0.1) is 13.8 Å². The predicted octanol–water partition coefficient (Wildman–Crippen LogP) is 4.75. The first-order chi connectivity index (χ1) is 9.75. The van der Waals surface area contributed by atoms with Gasteiger partial charge in [0.25, 0.3) is 0 Å². The molecule has 2 aromatic rings. The highest BCUT2D eigenvalue weighted by Gasteiger charge is 2.30. The van der Waals surface area contributed by atoms with Gasteiger partial charge in [-0.1, -0.05) is 35.4 Å². The van der Waals surface area contributed by atoms with Crippen LogP contribution in [0.3, 0.4) is 0 Å². The Bertz CT molecular complexity index is 652. The van der Waals surface area contributed by atoms with Crippen molar-refractivity contribution in [3.63, 3.8) is 0 Å². The van der Waals surface area contributed by atoms with E-state index in [9.17, 15) is 18.0 Å². The van der Waals surface area contributed by atoms with Crippen LogP contribution in [0.1, 0.15) is 32.6 Å². The Hall–Kier alpha value is -2.10. The van der Waals surface area contributed by atoms with E-state index in [1.807, 2.05) is 19.9 Å². The van der Waals surface area contributed by atoms with Gasteiger partial charge in [-0.05, 0) is 37.6 Å². The summed E-state index contributed by atoms with van der Waals surface area (Å²) in [7, 11) is 0. The molecule has 0 amide bonds. The Labute approximate surface area is 121 Å². The number of Topliss-reactive ketones (excluding diaryl/α,β-unsaturated/α-hetero) is 1. The summed E-state index contributed by atoms with van der Waals surface area (Å²) in [5.74, 6) is -0.180. The van der Waals surface area contributed by atoms with Gasteiger partial charge >= 0.3 is 6.18 Å². The number of benzene rings is 2. The maximum absolute atomic E-state index is 12.6. The van der Waals surface area contributed by atoms with Crippen molar-refractivity contribution >= 4 is 5.78 Å². The number of aryl methyl sites for hydroxylation is 2. The summed E-state index contributed by atoms with van der Waals surface area (Å²) in [6.45, 7) is 3.77. The van der Waals surface area contributed by atoms with Crippen LogP contribution in [0.2, 0.25) is 0 Å². The molecule has 110 valence electrons. The summed E-state index contributed by atoms with van der Waals surface area (Å²) < 4.78 is 37.9. The highest BCUT2D eigenvalue weighted by molar-refractivity contribution is 5.97. The molecule has 0 spiro atoms. The molecule has 2 aromatic carbocycles. The first-order valence-corrected chi connectivity index (χ1v) is 6.53. The van der Waals surface area contributed by atoms with Crippen LogP contribution >= 0.6 is 0 Å². The van der Waals surface area contributed by atoms with Crippen molar-refractivity contribution in [3.05, 3.63) is 70.3 Å². The lowest BCUT2D eigenvalue weighted by Gasteiger charge is -2.09. The monoisotopic (exact) mass is 292 g/mol. The fourth-order valence-corrected chi connectivity index (χ4v) is 2.28. The van der Waals surface area contributed by atoms with Crippen LogP contribution < -0.4 is 0 Å². The van der Waals surface area contributed by atoms with E-state index in [-0.39, 0.29) is 12.2 Å². The van der Waals surface area contributed by atoms with E-state index in [0.717, 1.165) is 23.3 Å². The predicted molar refractivity (Wildman–Crippen MR) is 75.4 cm³/mol. The van der Waals surface area contributed by atoms with Gasteiger partial charge in [-0.25, -0.2) is 0 Å². The number of carbonyl (C=O) groups is 1. The minimum atomic E-state index is -4.39. The molecular weight excluding hydrogens is 277 g/mol. The maximum atomic E-state index is 12.6. The summed E-state index contributed by atoms with van der Waals surface area (Å²) in [6.07, 6.45) is -4.42. The van der Waals surface area contributed by atoms with Gasteiger partial charge in [0.2, 0.25) is 0 Å². The van der Waals surface area contributed by atoms with Crippen molar-refractivity contribution in [2.75, 3.05) is 0 Å². The summed E-state index contributed by atoms with van der Waals surface area (Å²) in [5.41, 5.74) is 2.09. The Kier molecular flexibility index (Phi) is 4.16. The topological polar surface area (TPSA) is 17.1 Å². The molecule has 4 heteroatoms. The van der Waals surface area contributed by atoms with Crippen molar-refractivity contribution in [1.29, 1.82) is 0 Å². The fourth-order valence-electron chi connectivity index (χ4n) is 2.28. The molecule has 0 aliphatic heterocycles. The van der Waals surface area contributed by atoms with Crippen LogP contribution in [0.5, 0.6) is 0 Å². The summed E-state index contributed by atoms with van der Waals surface area (Å²) >= 11 is 0. The quantitative estimate of drug-likeness (QED) is 0.746. The van der Waals surface area contributed by atoms with Gasteiger partial charge < -0.3 is 0 Å². The zero-order chi connectivity index (χ0) is 15.6. The normalized spacial score (nSPS) is 11.5. The van der Waals surface area contributed by atoms with Crippen LogP contribution in [-0.2, 0) is 12.6 Å². The van der Waals surface area contributed by atoms with Crippen LogP contribution in [0.4, 0.5) is 13.2 Å². The molecule has 0 heterocycles. The van der Waals surface area contributed by atoms with Crippen molar-refractivity contribution in [2.24, 2.45) is 0 Å². The van der Waals surface area contributed by atoms with E-state index in [1.165, 1.54) is 12.1 Å². The van der Waals surface area contributed by atoms with Gasteiger partial charge in [-0.2, -0.15) is 13.2 Å². The van der Waals surface area contributed by atoms with Crippen molar-refractivity contribution < 1.29 is 18.0 Å². The summed E-state index contributed by atoms with van der Waals surface area (Å²) in [5, 5.41) is 0. The molecule has 0 aliphatic carbocycles. The molecule has 0 aliphatic rings. The second-order valence-electron chi connectivity index (χ2n) is 5.17. The van der Waals surface area contributed by atoms with Gasteiger partial charge in [0, 0.05) is 12.0 Å². The van der Waals surface area contributed by atoms with E-state index in [2.05, 4.69) is 0 Å². The van der Waals surface area contributed by atoms with Gasteiger partial charge in [-0.3, -0.25) is 4.79 Å². The van der Waals surface area contributed by atoms with Crippen molar-refractivity contribution in [1.82, 2.24) is 0 Å². The first-order valence-electron chi connectivity index (χ1n) is 6.53. The smallest absolute Gasteiger partial charge is 0.294 e. The molecule has 0 fully saturated rings. The largest absolute Gasteiger partial charge is 0.416 e. The minimum Gasteiger partial charge on any atom is -0.294 e. The molecule has 0 aromatic heterocycles. The third-order valence-corrected chi connectivity index (χ3v) is 3.16. The molecule has 0 N–H and O–H groups in total. The Morgan fingerprint density at radius 3 is 2.19 bits per heavy atom. The third kappa shape index (κ3) is 3.94. The zero-order valence-electron chi connectivity index (χ0n) is 11.8. The molecule has 0 unspecified atom stereocenters. The second kappa shape index (κ2) is 5.72. The second-order valence-corrected chi connectivity index (χ2v) is 5.17. The summed E-state index contributed by atoms with van der Waals surface area (Å²) in [4.78, 5) is 12.2. The molecule has 0 bridgehead atoms. The molecule has 1 nitrogen and oxygen atoms in total. The first kappa shape index (κ1) is 15.3. The Morgan fingerprint density at radius 1 is 1.00 bits per heavy atom. The average molecular weight is 292 g/mol. The molecule has 0 radical (unpaired) electrons. The van der Waals surface area contributed by atoms with Gasteiger partial charge in [0.15, 0.2) is 5.78 Å². The van der Waals surface area contributed by atoms with Crippen LogP contribution in [-0.4, -0.2) is 5.78 Å². The lowest BCUT2D eigenvalue weighted by atomic mass is 9.98. The van der Waals surface area contributed by atoms with Crippen LogP contribution in [0.25, 0.3) is 0 Å². The van der Waals surface area contributed by atoms with Gasteiger partial charge in [0.05, 0.1) is 5.56 Å². The number of alkyl halides is 3. The van der Waals surface area contributed by atoms with Crippen molar-refractivity contribution in [2.45, 2.75) is 26.4 Å². The number of hydrogen-bond donors (Lipinski definition) is 0. The minimum absolute atomic E-state index is 0.0349. The molecular formula is C17H15F3O. The number of hydrogen-bond acceptors (Lipinski definition) is 1. The average Bonchev–Trinajstić information content (AvgIpc) is 2.37. The van der Waals surface area contributed by atoms with E-state index < -0.39 is 11.7 Å². The number of ketones is 1. The van der Waals surface area contributed by atoms with Crippen molar-refractivity contribution in [3.8, 4) is 0 Å². The number of carbonyl (C=O) groups excluding carboxylic acids is 1. The van der Waals surface area contributed by atoms with Crippen LogP contribution in [0.15, 0.2) is 42.5 Å². The van der Waals surface area contributed by atoms with E-state index >= 15 is 0 Å². The SMILES string of the molecule is Cc1cc(C)cc(C(=O)Cc2cccc(C(F)(F)F)c2)c1. The molecule has 0 atom stereocenters. The van der Waals surface area contributed by atoms with E-state index in [0.29, 0.717) is 11.1 Å². The lowest BCUT2D eigenvalue weighted by molar-refractivity contribution is -0.137. The summed E-state index contributed by atoms with van der Waals surface area (Å²) in [6, 6.07) is 10.3. The Balaban J connectivity index is 2.23. The van der Waals surface area contributed by atoms with Gasteiger partial charge in [-0.15, -0.1) is 0 Å². The highest BCUT2D eigenvalue weighted by atomic mass is 19.4. The fraction of sp³-hybridized carbons (Fsp3) is 0.235. The lowest BCUT2D eigenvalue weighted by Crippen LogP contribution is -2.08. The number of rotatable bonds is 3. The molecule has 0 saturated heterocycles. The molecule has 0 saturated carbocycles. The van der Waals surface area contributed by atoms with E-state index in [4.69, 9.17) is 0 Å². The molecule has 21 heavy (non-hydrogen) atoms. The van der Waals surface area contributed by atoms with E-state index in [1.54, 1.807) is 12.1 Å². The molecule has 2 rings (SSSR count). The van der Waals surface area contributed by atoms with Gasteiger partial charge in [0.1, 0.15) is 0 Å². The third-order valence-electron chi connectivity index (χ3n) is 3.16. The Morgan fingerprint density at radius 2 is 1.62 bits per heavy atom.